The standard InChI is InChI=1S/C23H21ClN2O7/c1-13-3-6-16(7-4-13)25-21(28)12-26-11-20(33-23(30,31)32)19(10-22(26)29)18-9-15(24)5-8-17(18)14(2)27/h3-11,30-32H,12H2,1-2H3,(H,25,28). The molecule has 0 bridgehead atoms. The molecule has 3 aromatic rings. The lowest BCUT2D eigenvalue weighted by Crippen LogP contribution is -2.36. The van der Waals surface area contributed by atoms with Crippen LogP contribution in [-0.4, -0.2) is 37.7 Å². The number of aromatic nitrogens is 1. The number of ketones is 1. The quantitative estimate of drug-likeness (QED) is 0.305. The average Bonchev–Trinajstić information content (AvgIpc) is 2.70. The lowest BCUT2D eigenvalue weighted by atomic mass is 9.97. The second-order valence-corrected chi connectivity index (χ2v) is 7.79. The second kappa shape index (κ2) is 9.55. The van der Waals surface area contributed by atoms with Gasteiger partial charge in [-0.25, -0.2) is 0 Å². The number of nitrogens with zero attached hydrogens (tertiary/aromatic N) is 1. The molecule has 2 aromatic carbocycles. The highest BCUT2D eigenvalue weighted by Gasteiger charge is 2.26. The van der Waals surface area contributed by atoms with Crippen LogP contribution in [0, 0.1) is 6.92 Å². The van der Waals surface area contributed by atoms with Crippen molar-refractivity contribution in [2.24, 2.45) is 0 Å². The number of carbonyl (C=O) groups excluding carboxylic acids is 2. The third-order valence-electron chi connectivity index (χ3n) is 4.64. The first-order valence-corrected chi connectivity index (χ1v) is 10.1. The van der Waals surface area contributed by atoms with Gasteiger partial charge in [-0.15, -0.1) is 0 Å². The smallest absolute Gasteiger partial charge is 0.415 e. The third-order valence-corrected chi connectivity index (χ3v) is 4.87. The number of benzene rings is 2. The summed E-state index contributed by atoms with van der Waals surface area (Å²) in [5.74, 6) is -1.26. The van der Waals surface area contributed by atoms with Gasteiger partial charge in [-0.2, -0.15) is 0 Å². The Hall–Kier alpha value is -3.50. The third kappa shape index (κ3) is 6.27. The van der Waals surface area contributed by atoms with Gasteiger partial charge in [0.25, 0.3) is 5.56 Å². The van der Waals surface area contributed by atoms with Crippen LogP contribution in [0.5, 0.6) is 5.75 Å². The highest BCUT2D eigenvalue weighted by atomic mass is 35.5. The van der Waals surface area contributed by atoms with Crippen molar-refractivity contribution >= 4 is 29.0 Å². The molecule has 0 spiro atoms. The summed E-state index contributed by atoms with van der Waals surface area (Å²) >= 11 is 6.05. The highest BCUT2D eigenvalue weighted by molar-refractivity contribution is 6.31. The van der Waals surface area contributed by atoms with Crippen molar-refractivity contribution in [1.82, 2.24) is 4.57 Å². The van der Waals surface area contributed by atoms with E-state index >= 15 is 0 Å². The van der Waals surface area contributed by atoms with Crippen molar-refractivity contribution in [3.8, 4) is 16.9 Å². The van der Waals surface area contributed by atoms with Gasteiger partial charge in [0.15, 0.2) is 11.5 Å². The van der Waals surface area contributed by atoms with Crippen LogP contribution in [0.3, 0.4) is 0 Å². The van der Waals surface area contributed by atoms with E-state index in [4.69, 9.17) is 16.3 Å². The van der Waals surface area contributed by atoms with Crippen molar-refractivity contribution in [3.63, 3.8) is 0 Å². The molecule has 0 aliphatic heterocycles. The van der Waals surface area contributed by atoms with E-state index in [0.29, 0.717) is 5.69 Å². The van der Waals surface area contributed by atoms with Crippen molar-refractivity contribution < 1.29 is 29.6 Å². The van der Waals surface area contributed by atoms with E-state index in [1.54, 1.807) is 12.1 Å². The van der Waals surface area contributed by atoms with Crippen molar-refractivity contribution in [1.29, 1.82) is 0 Å². The van der Waals surface area contributed by atoms with Crippen LogP contribution in [0.15, 0.2) is 59.5 Å². The number of hydrogen-bond donors (Lipinski definition) is 4. The summed E-state index contributed by atoms with van der Waals surface area (Å²) < 4.78 is 5.74. The molecule has 9 nitrogen and oxygen atoms in total. The van der Waals surface area contributed by atoms with Gasteiger partial charge in [-0.3, -0.25) is 14.4 Å². The average molecular weight is 473 g/mol. The lowest BCUT2D eigenvalue weighted by molar-refractivity contribution is -0.419. The van der Waals surface area contributed by atoms with Crippen LogP contribution in [-0.2, 0) is 11.3 Å². The van der Waals surface area contributed by atoms with Crippen LogP contribution < -0.4 is 15.6 Å². The fourth-order valence-electron chi connectivity index (χ4n) is 3.15. The Labute approximate surface area is 193 Å². The Morgan fingerprint density at radius 1 is 1.06 bits per heavy atom. The zero-order valence-electron chi connectivity index (χ0n) is 17.7. The van der Waals surface area contributed by atoms with Gasteiger partial charge in [0.1, 0.15) is 6.54 Å². The van der Waals surface area contributed by atoms with Crippen LogP contribution in [0.1, 0.15) is 22.8 Å². The predicted molar refractivity (Wildman–Crippen MR) is 121 cm³/mol. The van der Waals surface area contributed by atoms with Gasteiger partial charge in [-0.1, -0.05) is 29.3 Å². The monoisotopic (exact) mass is 472 g/mol. The molecule has 0 aliphatic rings. The van der Waals surface area contributed by atoms with E-state index in [-0.39, 0.29) is 33.2 Å². The van der Waals surface area contributed by atoms with Crippen molar-refractivity contribution in [2.45, 2.75) is 26.6 Å². The van der Waals surface area contributed by atoms with E-state index in [1.165, 1.54) is 25.1 Å². The number of Topliss-reactive ketones (excluding diaryl/α,β-unsaturated/α-hetero) is 1. The number of ether oxygens (including phenoxy) is 1. The number of hydrogen-bond acceptors (Lipinski definition) is 7. The van der Waals surface area contributed by atoms with Gasteiger partial charge in [0.2, 0.25) is 5.91 Å². The molecule has 0 radical (unpaired) electrons. The van der Waals surface area contributed by atoms with E-state index in [1.807, 2.05) is 19.1 Å². The van der Waals surface area contributed by atoms with E-state index in [0.717, 1.165) is 22.4 Å². The molecule has 33 heavy (non-hydrogen) atoms. The molecule has 3 rings (SSSR count). The normalized spacial score (nSPS) is 11.2. The number of halogens is 1. The minimum Gasteiger partial charge on any atom is -0.415 e. The fourth-order valence-corrected chi connectivity index (χ4v) is 3.33. The topological polar surface area (TPSA) is 138 Å². The molecule has 1 aromatic heterocycles. The molecule has 1 amide bonds. The SMILES string of the molecule is CC(=O)c1ccc(Cl)cc1-c1cc(=O)n(CC(=O)Nc2ccc(C)cc2)cc1OC(O)(O)O. The molecule has 172 valence electrons. The van der Waals surface area contributed by atoms with Gasteiger partial charge in [-0.05, 0) is 49.7 Å². The molecule has 4 N–H and O–H groups in total. The lowest BCUT2D eigenvalue weighted by Gasteiger charge is -2.20. The summed E-state index contributed by atoms with van der Waals surface area (Å²) in [6.07, 6.45) is -2.56. The van der Waals surface area contributed by atoms with Gasteiger partial charge in [0, 0.05) is 27.9 Å². The zero-order chi connectivity index (χ0) is 24.3. The summed E-state index contributed by atoms with van der Waals surface area (Å²) in [5, 5.41) is 31.0. The fraction of sp³-hybridized carbons (Fsp3) is 0.174. The molecule has 0 atom stereocenters. The van der Waals surface area contributed by atoms with Crippen LogP contribution in [0.2, 0.25) is 5.02 Å². The number of aryl methyl sites for hydroxylation is 1. The van der Waals surface area contributed by atoms with Crippen LogP contribution >= 0.6 is 11.6 Å². The summed E-state index contributed by atoms with van der Waals surface area (Å²) in [6, 6.07) is 12.4. The van der Waals surface area contributed by atoms with Crippen LogP contribution in [0.25, 0.3) is 11.1 Å². The summed E-state index contributed by atoms with van der Waals surface area (Å²) in [6.45, 7) is 2.77. The van der Waals surface area contributed by atoms with Gasteiger partial charge < -0.3 is 29.9 Å². The van der Waals surface area contributed by atoms with Crippen molar-refractivity contribution in [3.05, 3.63) is 81.2 Å². The molecule has 10 heteroatoms. The number of amides is 1. The van der Waals surface area contributed by atoms with Crippen molar-refractivity contribution in [2.75, 3.05) is 5.32 Å². The second-order valence-electron chi connectivity index (χ2n) is 7.35. The summed E-state index contributed by atoms with van der Waals surface area (Å²) in [5.41, 5.74) is 1.19. The highest BCUT2D eigenvalue weighted by Crippen LogP contribution is 2.34. The Morgan fingerprint density at radius 3 is 2.33 bits per heavy atom. The molecule has 0 saturated heterocycles. The Bertz CT molecular complexity index is 1260. The maximum absolute atomic E-state index is 12.8. The van der Waals surface area contributed by atoms with E-state index in [9.17, 15) is 29.7 Å². The van der Waals surface area contributed by atoms with E-state index < -0.39 is 24.2 Å². The molecule has 0 aliphatic carbocycles. The molecular formula is C23H21ClN2O7. The molecule has 0 saturated carbocycles. The number of aliphatic hydroxyl groups is 3. The molecular weight excluding hydrogens is 452 g/mol. The maximum Gasteiger partial charge on any atom is 0.453 e. The molecule has 0 unspecified atom stereocenters. The number of nitrogens with one attached hydrogen (secondary N) is 1. The first kappa shape index (κ1) is 24.1. The maximum atomic E-state index is 12.8. The molecule has 1 heterocycles. The zero-order valence-corrected chi connectivity index (χ0v) is 18.5. The Balaban J connectivity index is 2.03. The Morgan fingerprint density at radius 2 is 1.73 bits per heavy atom. The largest absolute Gasteiger partial charge is 0.453 e. The first-order valence-electron chi connectivity index (χ1n) is 9.71. The van der Waals surface area contributed by atoms with E-state index in [2.05, 4.69) is 5.32 Å². The summed E-state index contributed by atoms with van der Waals surface area (Å²) in [7, 11) is 0. The number of carbonyl (C=O) groups is 2. The molecule has 0 fully saturated rings. The number of pyridine rings is 1. The first-order chi connectivity index (χ1) is 15.4. The predicted octanol–water partition coefficient (Wildman–Crippen LogP) is 2.29. The Kier molecular flexibility index (Phi) is 6.99. The van der Waals surface area contributed by atoms with Gasteiger partial charge >= 0.3 is 6.16 Å². The minimum absolute atomic E-state index is 0.0376. The minimum atomic E-state index is -3.59. The number of anilines is 1. The van der Waals surface area contributed by atoms with Crippen LogP contribution in [0.4, 0.5) is 5.69 Å². The van der Waals surface area contributed by atoms with Gasteiger partial charge in [0.05, 0.1) is 6.20 Å². The number of rotatable bonds is 7. The summed E-state index contributed by atoms with van der Waals surface area (Å²) in [4.78, 5) is 37.3.